The Morgan fingerprint density at radius 2 is 1.84 bits per heavy atom. The number of anilines is 2. The molecule has 0 aliphatic carbocycles. The van der Waals surface area contributed by atoms with Crippen LogP contribution in [0.15, 0.2) is 54.7 Å². The third-order valence-electron chi connectivity index (χ3n) is 4.48. The molecule has 0 atom stereocenters. The van der Waals surface area contributed by atoms with Crippen LogP contribution in [0.2, 0.25) is 0 Å². The number of carbonyl (C=O) groups excluding carboxylic acids is 1. The summed E-state index contributed by atoms with van der Waals surface area (Å²) < 4.78 is 16.5. The third kappa shape index (κ3) is 4.67. The molecule has 0 spiro atoms. The fourth-order valence-electron chi connectivity index (χ4n) is 3.09. The summed E-state index contributed by atoms with van der Waals surface area (Å²) in [5.41, 5.74) is 8.15. The molecule has 0 radical (unpaired) electrons. The predicted molar refractivity (Wildman–Crippen MR) is 116 cm³/mol. The number of pyridine rings is 1. The van der Waals surface area contributed by atoms with Gasteiger partial charge in [-0.05, 0) is 30.3 Å². The van der Waals surface area contributed by atoms with Crippen LogP contribution in [0.4, 0.5) is 11.6 Å². The first-order valence-corrected chi connectivity index (χ1v) is 9.44. The lowest BCUT2D eigenvalue weighted by Gasteiger charge is -2.09. The molecule has 4 aromatic rings. The highest BCUT2D eigenvalue weighted by atomic mass is 16.5. The molecular weight excluding hydrogens is 398 g/mol. The van der Waals surface area contributed by atoms with Crippen molar-refractivity contribution in [1.29, 1.82) is 0 Å². The lowest BCUT2D eigenvalue weighted by atomic mass is 10.2. The maximum atomic E-state index is 11.1. The Kier molecular flexibility index (Phi) is 5.57. The van der Waals surface area contributed by atoms with E-state index < -0.39 is 5.91 Å². The Labute approximate surface area is 178 Å². The second-order valence-corrected chi connectivity index (χ2v) is 6.69. The number of aromatic amines is 1. The molecule has 0 fully saturated rings. The van der Waals surface area contributed by atoms with Gasteiger partial charge >= 0.3 is 0 Å². The maximum absolute atomic E-state index is 11.1. The zero-order chi connectivity index (χ0) is 21.8. The Bertz CT molecular complexity index is 1240. The summed E-state index contributed by atoms with van der Waals surface area (Å²) in [6.45, 7) is 0. The van der Waals surface area contributed by atoms with Crippen molar-refractivity contribution in [1.82, 2.24) is 15.0 Å². The molecule has 2 aromatic heterocycles. The van der Waals surface area contributed by atoms with Crippen molar-refractivity contribution in [3.05, 3.63) is 60.4 Å². The summed E-state index contributed by atoms with van der Waals surface area (Å²) in [7, 11) is 3.18. The monoisotopic (exact) mass is 419 g/mol. The molecule has 9 heteroatoms. The quantitative estimate of drug-likeness (QED) is 0.399. The van der Waals surface area contributed by atoms with Crippen molar-refractivity contribution < 1.29 is 19.0 Å². The minimum absolute atomic E-state index is 0.0575. The Hall–Kier alpha value is -4.27. The van der Waals surface area contributed by atoms with Gasteiger partial charge in [0.15, 0.2) is 11.5 Å². The summed E-state index contributed by atoms with van der Waals surface area (Å²) in [6, 6.07) is 14.4. The number of rotatable bonds is 8. The molecule has 1 amide bonds. The van der Waals surface area contributed by atoms with Crippen LogP contribution in [0.3, 0.4) is 0 Å². The van der Waals surface area contributed by atoms with E-state index in [9.17, 15) is 4.79 Å². The summed E-state index contributed by atoms with van der Waals surface area (Å²) in [5, 5.41) is 3.22. The molecule has 0 aliphatic rings. The van der Waals surface area contributed by atoms with Crippen LogP contribution in [0, 0.1) is 0 Å². The first kappa shape index (κ1) is 20.0. The average Bonchev–Trinajstić information content (AvgIpc) is 3.15. The van der Waals surface area contributed by atoms with E-state index in [-0.39, 0.29) is 6.42 Å². The van der Waals surface area contributed by atoms with Gasteiger partial charge in [-0.3, -0.25) is 9.78 Å². The Balaban J connectivity index is 1.53. The number of methoxy groups -OCH3 is 2. The molecule has 158 valence electrons. The van der Waals surface area contributed by atoms with Gasteiger partial charge in [0.1, 0.15) is 11.5 Å². The molecular formula is C22H21N5O4. The van der Waals surface area contributed by atoms with E-state index in [1.54, 1.807) is 32.5 Å². The van der Waals surface area contributed by atoms with Crippen LogP contribution in [0.1, 0.15) is 5.69 Å². The number of hydrogen-bond donors (Lipinski definition) is 3. The van der Waals surface area contributed by atoms with E-state index in [0.29, 0.717) is 34.6 Å². The number of aromatic nitrogens is 3. The molecule has 0 aliphatic heterocycles. The molecule has 0 unspecified atom stereocenters. The number of amides is 1. The maximum Gasteiger partial charge on any atom is 0.223 e. The van der Waals surface area contributed by atoms with Gasteiger partial charge in [-0.1, -0.05) is 0 Å². The van der Waals surface area contributed by atoms with Crippen LogP contribution in [0.25, 0.3) is 11.0 Å². The molecule has 9 nitrogen and oxygen atoms in total. The number of H-pyrrole nitrogens is 1. The van der Waals surface area contributed by atoms with Crippen molar-refractivity contribution in [2.45, 2.75) is 6.42 Å². The summed E-state index contributed by atoms with van der Waals surface area (Å²) in [4.78, 5) is 23.0. The number of nitrogens with zero attached hydrogens (tertiary/aromatic N) is 2. The van der Waals surface area contributed by atoms with Crippen molar-refractivity contribution in [2.75, 3.05) is 19.5 Å². The Morgan fingerprint density at radius 1 is 1.03 bits per heavy atom. The van der Waals surface area contributed by atoms with Crippen molar-refractivity contribution in [2.24, 2.45) is 5.73 Å². The van der Waals surface area contributed by atoms with Gasteiger partial charge in [0.2, 0.25) is 11.9 Å². The van der Waals surface area contributed by atoms with E-state index in [0.717, 1.165) is 16.7 Å². The number of carbonyl (C=O) groups is 1. The highest BCUT2D eigenvalue weighted by molar-refractivity contribution is 5.80. The zero-order valence-corrected chi connectivity index (χ0v) is 17.0. The second kappa shape index (κ2) is 8.62. The first-order valence-electron chi connectivity index (χ1n) is 9.44. The number of primary amides is 1. The molecule has 31 heavy (non-hydrogen) atoms. The first-order chi connectivity index (χ1) is 15.0. The van der Waals surface area contributed by atoms with Crippen molar-refractivity contribution in [3.8, 4) is 23.0 Å². The normalized spacial score (nSPS) is 10.6. The zero-order valence-electron chi connectivity index (χ0n) is 17.0. The number of benzene rings is 2. The SMILES string of the molecule is COc1ccc(Nc2nc3ccc(Oc4ccnc(CC(N)=O)c4)cc3[nH]2)cc1OC. The number of hydrogen-bond acceptors (Lipinski definition) is 7. The van der Waals surface area contributed by atoms with Crippen LogP contribution < -0.4 is 25.3 Å². The van der Waals surface area contributed by atoms with E-state index in [1.807, 2.05) is 36.4 Å². The number of nitrogens with one attached hydrogen (secondary N) is 2. The minimum Gasteiger partial charge on any atom is -0.493 e. The summed E-state index contributed by atoms with van der Waals surface area (Å²) in [6.07, 6.45) is 1.63. The molecule has 0 saturated heterocycles. The standard InChI is InChI=1S/C22H21N5O4/c1-29-19-6-3-13(10-20(19)30-2)25-22-26-17-5-4-15(12-18(17)27-22)31-16-7-8-24-14(9-16)11-21(23)28/h3-10,12H,11H2,1-2H3,(H2,23,28)(H2,25,26,27). The van der Waals surface area contributed by atoms with Crippen LogP contribution >= 0.6 is 0 Å². The van der Waals surface area contributed by atoms with Gasteiger partial charge in [0.05, 0.1) is 37.4 Å². The molecule has 2 aromatic carbocycles. The molecule has 0 bridgehead atoms. The van der Waals surface area contributed by atoms with Crippen LogP contribution in [-0.4, -0.2) is 35.1 Å². The average molecular weight is 419 g/mol. The number of ether oxygens (including phenoxy) is 3. The van der Waals surface area contributed by atoms with E-state index in [4.69, 9.17) is 19.9 Å². The van der Waals surface area contributed by atoms with Gasteiger partial charge in [0.25, 0.3) is 0 Å². The van der Waals surface area contributed by atoms with Crippen molar-refractivity contribution in [3.63, 3.8) is 0 Å². The van der Waals surface area contributed by atoms with Gasteiger partial charge in [-0.2, -0.15) is 0 Å². The topological polar surface area (TPSA) is 124 Å². The third-order valence-corrected chi connectivity index (χ3v) is 4.48. The van der Waals surface area contributed by atoms with E-state index in [2.05, 4.69) is 20.3 Å². The minimum atomic E-state index is -0.446. The lowest BCUT2D eigenvalue weighted by Crippen LogP contribution is -2.14. The van der Waals surface area contributed by atoms with Gasteiger partial charge in [-0.25, -0.2) is 4.98 Å². The van der Waals surface area contributed by atoms with Crippen LogP contribution in [-0.2, 0) is 11.2 Å². The lowest BCUT2D eigenvalue weighted by molar-refractivity contribution is -0.117. The highest BCUT2D eigenvalue weighted by Crippen LogP contribution is 2.31. The van der Waals surface area contributed by atoms with E-state index >= 15 is 0 Å². The predicted octanol–water partition coefficient (Wildman–Crippen LogP) is 3.54. The largest absolute Gasteiger partial charge is 0.493 e. The molecule has 4 rings (SSSR count). The summed E-state index contributed by atoms with van der Waals surface area (Å²) >= 11 is 0. The number of nitrogens with two attached hydrogens (primary N) is 1. The molecule has 4 N–H and O–H groups in total. The smallest absolute Gasteiger partial charge is 0.223 e. The van der Waals surface area contributed by atoms with E-state index in [1.165, 1.54) is 0 Å². The van der Waals surface area contributed by atoms with Crippen molar-refractivity contribution >= 4 is 28.6 Å². The van der Waals surface area contributed by atoms with Gasteiger partial charge in [-0.15, -0.1) is 0 Å². The van der Waals surface area contributed by atoms with Crippen LogP contribution in [0.5, 0.6) is 23.0 Å². The Morgan fingerprint density at radius 3 is 2.61 bits per heavy atom. The van der Waals surface area contributed by atoms with Gasteiger partial charge < -0.3 is 30.2 Å². The highest BCUT2D eigenvalue weighted by Gasteiger charge is 2.09. The molecule has 0 saturated carbocycles. The number of imidazole rings is 1. The summed E-state index contributed by atoms with van der Waals surface area (Å²) in [5.74, 6) is 2.57. The fourth-order valence-corrected chi connectivity index (χ4v) is 3.09. The fraction of sp³-hybridized carbons (Fsp3) is 0.136. The van der Waals surface area contributed by atoms with Gasteiger partial charge in [0, 0.05) is 30.1 Å². The molecule has 2 heterocycles. The number of fused-ring (bicyclic) bond motifs is 1. The second-order valence-electron chi connectivity index (χ2n) is 6.69.